The second-order valence-corrected chi connectivity index (χ2v) is 6.67. The third-order valence-electron chi connectivity index (χ3n) is 4.38. The van der Waals surface area contributed by atoms with Crippen molar-refractivity contribution in [3.63, 3.8) is 0 Å². The highest BCUT2D eigenvalue weighted by Gasteiger charge is 2.21. The molecule has 0 aliphatic rings. The Hall–Kier alpha value is -2.20. The molecule has 4 nitrogen and oxygen atoms in total. The summed E-state index contributed by atoms with van der Waals surface area (Å²) in [5.41, 5.74) is 3.26. The molecule has 0 saturated carbocycles. The van der Waals surface area contributed by atoms with Crippen LogP contribution in [0.2, 0.25) is 0 Å². The molecule has 0 radical (unpaired) electrons. The van der Waals surface area contributed by atoms with E-state index in [4.69, 9.17) is 0 Å². The van der Waals surface area contributed by atoms with E-state index in [0.717, 1.165) is 29.1 Å². The van der Waals surface area contributed by atoms with Gasteiger partial charge < -0.3 is 10.4 Å². The van der Waals surface area contributed by atoms with Crippen molar-refractivity contribution in [2.75, 3.05) is 11.9 Å². The summed E-state index contributed by atoms with van der Waals surface area (Å²) < 4.78 is 0. The summed E-state index contributed by atoms with van der Waals surface area (Å²) in [5, 5.41) is 13.3. The molecule has 0 fully saturated rings. The summed E-state index contributed by atoms with van der Waals surface area (Å²) in [6, 6.07) is 9.78. The highest BCUT2D eigenvalue weighted by atomic mass is 16.3. The minimum Gasteiger partial charge on any atom is -0.394 e. The molecular weight excluding hydrogens is 310 g/mol. The molecule has 2 rings (SSSR count). The Labute approximate surface area is 151 Å². The van der Waals surface area contributed by atoms with Gasteiger partial charge in [0.25, 0.3) is 0 Å². The molecule has 0 bridgehead atoms. The summed E-state index contributed by atoms with van der Waals surface area (Å²) >= 11 is 0. The van der Waals surface area contributed by atoms with E-state index in [9.17, 15) is 5.11 Å². The average molecular weight is 339 g/mol. The molecule has 0 saturated heterocycles. The van der Waals surface area contributed by atoms with Gasteiger partial charge in [-0.25, -0.2) is 9.97 Å². The molecule has 0 aliphatic heterocycles. The predicted octanol–water partition coefficient (Wildman–Crippen LogP) is 4.82. The largest absolute Gasteiger partial charge is 0.394 e. The fourth-order valence-electron chi connectivity index (χ4n) is 3.01. The molecule has 25 heavy (non-hydrogen) atoms. The van der Waals surface area contributed by atoms with Gasteiger partial charge >= 0.3 is 0 Å². The molecule has 0 amide bonds. The third-order valence-corrected chi connectivity index (χ3v) is 4.38. The van der Waals surface area contributed by atoms with Crippen molar-refractivity contribution in [1.82, 2.24) is 9.97 Å². The Morgan fingerprint density at radius 1 is 1.12 bits per heavy atom. The summed E-state index contributed by atoms with van der Waals surface area (Å²) in [4.78, 5) is 9.04. The topological polar surface area (TPSA) is 58.0 Å². The van der Waals surface area contributed by atoms with Gasteiger partial charge in [0.2, 0.25) is 0 Å². The Bertz CT molecular complexity index is 683. The fourth-order valence-corrected chi connectivity index (χ4v) is 3.01. The number of aliphatic hydroxyl groups excluding tert-OH is 1. The molecule has 4 heteroatoms. The second-order valence-electron chi connectivity index (χ2n) is 6.67. The van der Waals surface area contributed by atoms with E-state index in [1.54, 1.807) is 6.33 Å². The van der Waals surface area contributed by atoms with Crippen LogP contribution in [0.3, 0.4) is 0 Å². The van der Waals surface area contributed by atoms with Crippen LogP contribution < -0.4 is 5.32 Å². The van der Waals surface area contributed by atoms with Gasteiger partial charge in [-0.3, -0.25) is 0 Å². The lowest BCUT2D eigenvalue weighted by Crippen LogP contribution is -2.19. The number of hydrogen-bond donors (Lipinski definition) is 2. The first-order valence-corrected chi connectivity index (χ1v) is 8.96. The van der Waals surface area contributed by atoms with Gasteiger partial charge in [-0.15, -0.1) is 0 Å². The first-order chi connectivity index (χ1) is 12.1. The maximum Gasteiger partial charge on any atom is 0.133 e. The number of hydrogen-bond acceptors (Lipinski definition) is 4. The minimum atomic E-state index is -0.191. The minimum absolute atomic E-state index is 0.00765. The van der Waals surface area contributed by atoms with Crippen LogP contribution in [-0.4, -0.2) is 21.7 Å². The van der Waals surface area contributed by atoms with Crippen molar-refractivity contribution in [2.45, 2.75) is 52.0 Å². The lowest BCUT2D eigenvalue weighted by Gasteiger charge is -2.24. The van der Waals surface area contributed by atoms with Crippen molar-refractivity contribution in [3.8, 4) is 0 Å². The van der Waals surface area contributed by atoms with Crippen LogP contribution in [0.4, 0.5) is 5.82 Å². The zero-order valence-corrected chi connectivity index (χ0v) is 15.6. The quantitative estimate of drug-likeness (QED) is 0.677. The Morgan fingerprint density at radius 2 is 1.84 bits per heavy atom. The van der Waals surface area contributed by atoms with Crippen LogP contribution in [0.25, 0.3) is 0 Å². The van der Waals surface area contributed by atoms with Crippen LogP contribution in [-0.2, 0) is 0 Å². The second kappa shape index (κ2) is 9.33. The third kappa shape index (κ3) is 4.89. The van der Waals surface area contributed by atoms with Crippen molar-refractivity contribution in [3.05, 3.63) is 65.6 Å². The molecule has 0 spiro atoms. The van der Waals surface area contributed by atoms with Gasteiger partial charge in [-0.2, -0.15) is 0 Å². The molecule has 1 aromatic heterocycles. The number of rotatable bonds is 8. The van der Waals surface area contributed by atoms with Crippen molar-refractivity contribution < 1.29 is 5.11 Å². The van der Waals surface area contributed by atoms with E-state index in [1.165, 1.54) is 0 Å². The van der Waals surface area contributed by atoms with E-state index in [2.05, 4.69) is 48.2 Å². The molecule has 0 aliphatic carbocycles. The molecule has 2 atom stereocenters. The molecule has 2 aromatic rings. The van der Waals surface area contributed by atoms with E-state index in [-0.39, 0.29) is 12.6 Å². The van der Waals surface area contributed by atoms with E-state index in [1.807, 2.05) is 37.3 Å². The Kier molecular flexibility index (Phi) is 7.14. The summed E-state index contributed by atoms with van der Waals surface area (Å²) in [6.45, 7) is 8.55. The number of nitrogens with zero attached hydrogens (tertiary/aromatic N) is 2. The molecule has 1 heterocycles. The van der Waals surface area contributed by atoms with Gasteiger partial charge in [0.05, 0.1) is 18.3 Å². The van der Waals surface area contributed by atoms with Gasteiger partial charge in [0, 0.05) is 5.56 Å². The summed E-state index contributed by atoms with van der Waals surface area (Å²) in [6.07, 6.45) is 6.80. The van der Waals surface area contributed by atoms with Crippen LogP contribution in [0.5, 0.6) is 0 Å². The van der Waals surface area contributed by atoms with Gasteiger partial charge in [0.15, 0.2) is 0 Å². The molecule has 2 N–H and O–H groups in total. The van der Waals surface area contributed by atoms with Crippen LogP contribution in [0, 0.1) is 0 Å². The van der Waals surface area contributed by atoms with Crippen molar-refractivity contribution >= 4 is 5.82 Å². The number of allylic oxidation sites excluding steroid dienone is 2. The number of aromatic nitrogens is 2. The Morgan fingerprint density at radius 3 is 2.44 bits per heavy atom. The molecule has 2 unspecified atom stereocenters. The monoisotopic (exact) mass is 339 g/mol. The standard InChI is InChI=1S/C21H29N3O/c1-5-6-10-16(4)19-20(15(2)3)22-14-23-21(19)24-18(13-25)17-11-8-7-9-12-17/h5-9,11-12,14-16,18,25H,10,13H2,1-4H3,(H,22,23,24). The average Bonchev–Trinajstić information content (AvgIpc) is 2.64. The highest BCUT2D eigenvalue weighted by Crippen LogP contribution is 2.33. The van der Waals surface area contributed by atoms with E-state index >= 15 is 0 Å². The Balaban J connectivity index is 2.40. The summed E-state index contributed by atoms with van der Waals surface area (Å²) in [7, 11) is 0. The predicted molar refractivity (Wildman–Crippen MR) is 104 cm³/mol. The van der Waals surface area contributed by atoms with Gasteiger partial charge in [-0.05, 0) is 30.7 Å². The summed E-state index contributed by atoms with van der Waals surface area (Å²) in [5.74, 6) is 1.43. The highest BCUT2D eigenvalue weighted by molar-refractivity contribution is 5.51. The maximum atomic E-state index is 9.87. The first kappa shape index (κ1) is 19.1. The van der Waals surface area contributed by atoms with Gasteiger partial charge in [0.1, 0.15) is 12.1 Å². The SMILES string of the molecule is CC=CCC(C)c1c(NC(CO)c2ccccc2)ncnc1C(C)C. The fraction of sp³-hybridized carbons (Fsp3) is 0.429. The normalized spacial score (nSPS) is 14.0. The number of anilines is 1. The maximum absolute atomic E-state index is 9.87. The molecule has 1 aromatic carbocycles. The van der Waals surface area contributed by atoms with E-state index < -0.39 is 0 Å². The van der Waals surface area contributed by atoms with Crippen LogP contribution in [0.1, 0.15) is 68.8 Å². The number of benzene rings is 1. The van der Waals surface area contributed by atoms with Crippen LogP contribution in [0.15, 0.2) is 48.8 Å². The van der Waals surface area contributed by atoms with Crippen LogP contribution >= 0.6 is 0 Å². The number of aliphatic hydroxyl groups is 1. The van der Waals surface area contributed by atoms with E-state index in [0.29, 0.717) is 11.8 Å². The lowest BCUT2D eigenvalue weighted by molar-refractivity contribution is 0.276. The first-order valence-electron chi connectivity index (χ1n) is 8.96. The zero-order valence-electron chi connectivity index (χ0n) is 15.6. The van der Waals surface area contributed by atoms with Crippen molar-refractivity contribution in [2.24, 2.45) is 0 Å². The zero-order chi connectivity index (χ0) is 18.2. The van der Waals surface area contributed by atoms with Gasteiger partial charge in [-0.1, -0.05) is 63.3 Å². The molecular formula is C21H29N3O. The lowest BCUT2D eigenvalue weighted by atomic mass is 9.91. The van der Waals surface area contributed by atoms with Crippen molar-refractivity contribution in [1.29, 1.82) is 0 Å². The number of nitrogens with one attached hydrogen (secondary N) is 1. The molecule has 134 valence electrons. The smallest absolute Gasteiger partial charge is 0.133 e.